The van der Waals surface area contributed by atoms with Crippen LogP contribution in [0, 0.1) is 11.8 Å². The van der Waals surface area contributed by atoms with Crippen molar-refractivity contribution in [3.8, 4) is 0 Å². The van der Waals surface area contributed by atoms with Gasteiger partial charge in [0.25, 0.3) is 5.92 Å². The molecule has 166 valence electrons. The van der Waals surface area contributed by atoms with Gasteiger partial charge in [0.1, 0.15) is 12.2 Å². The second kappa shape index (κ2) is 10.3. The van der Waals surface area contributed by atoms with E-state index in [1.807, 2.05) is 6.92 Å². The number of aliphatic hydroxyl groups is 1. The van der Waals surface area contributed by atoms with Crippen LogP contribution in [0.4, 0.5) is 8.78 Å². The molecule has 29 heavy (non-hydrogen) atoms. The second-order valence-corrected chi connectivity index (χ2v) is 8.58. The van der Waals surface area contributed by atoms with E-state index >= 15 is 0 Å². The number of unbranched alkanes of at least 4 members (excludes halogenated alkanes) is 3. The van der Waals surface area contributed by atoms with Crippen LogP contribution >= 0.6 is 0 Å². The van der Waals surface area contributed by atoms with Crippen molar-refractivity contribution >= 4 is 5.97 Å². The van der Waals surface area contributed by atoms with Gasteiger partial charge in [-0.2, -0.15) is 0 Å². The molecule has 3 fully saturated rings. The number of carbonyl (C=O) groups excluding carboxylic acids is 1. The Balaban J connectivity index is 1.61. The molecular formula is C22H34F2O5. The zero-order valence-corrected chi connectivity index (χ0v) is 17.2. The maximum absolute atomic E-state index is 14.3. The molecule has 2 saturated heterocycles. The van der Waals surface area contributed by atoms with Crippen molar-refractivity contribution in [3.63, 3.8) is 0 Å². The molecule has 0 aromatic rings. The lowest BCUT2D eigenvalue weighted by molar-refractivity contribution is -0.194. The third-order valence-electron chi connectivity index (χ3n) is 6.33. The Morgan fingerprint density at radius 2 is 2.14 bits per heavy atom. The lowest BCUT2D eigenvalue weighted by Gasteiger charge is -2.29. The number of fused-ring (bicyclic) bond motifs is 1. The van der Waals surface area contributed by atoms with Crippen LogP contribution in [0.5, 0.6) is 0 Å². The molecule has 2 heterocycles. The Kier molecular flexibility index (Phi) is 8.05. The molecule has 3 unspecified atom stereocenters. The first kappa shape index (κ1) is 22.6. The van der Waals surface area contributed by atoms with Crippen molar-refractivity contribution in [1.82, 2.24) is 0 Å². The smallest absolute Gasteiger partial charge is 0.306 e. The Hall–Kier alpha value is -1.05. The van der Waals surface area contributed by atoms with Crippen LogP contribution in [-0.2, 0) is 19.0 Å². The monoisotopic (exact) mass is 416 g/mol. The lowest BCUT2D eigenvalue weighted by Crippen LogP contribution is -2.33. The van der Waals surface area contributed by atoms with Gasteiger partial charge in [-0.1, -0.05) is 38.3 Å². The van der Waals surface area contributed by atoms with Crippen LogP contribution < -0.4 is 0 Å². The summed E-state index contributed by atoms with van der Waals surface area (Å²) in [5, 5.41) is 10.1. The highest BCUT2D eigenvalue weighted by atomic mass is 19.3. The molecule has 3 aliphatic rings. The minimum atomic E-state index is -3.16. The zero-order valence-electron chi connectivity index (χ0n) is 17.2. The second-order valence-electron chi connectivity index (χ2n) is 8.58. The van der Waals surface area contributed by atoms with Crippen molar-refractivity contribution in [3.05, 3.63) is 12.2 Å². The molecule has 5 nitrogen and oxygen atoms in total. The highest BCUT2D eigenvalue weighted by molar-refractivity contribution is 5.72. The molecule has 2 aliphatic heterocycles. The maximum atomic E-state index is 14.3. The Bertz CT molecular complexity index is 561. The molecule has 6 atom stereocenters. The fourth-order valence-electron chi connectivity index (χ4n) is 4.63. The minimum Gasteiger partial charge on any atom is -0.462 e. The van der Waals surface area contributed by atoms with Gasteiger partial charge >= 0.3 is 5.97 Å². The van der Waals surface area contributed by atoms with E-state index in [-0.39, 0.29) is 49.1 Å². The van der Waals surface area contributed by atoms with Gasteiger partial charge in [-0.25, -0.2) is 8.78 Å². The van der Waals surface area contributed by atoms with Crippen molar-refractivity contribution in [2.24, 2.45) is 11.8 Å². The lowest BCUT2D eigenvalue weighted by atomic mass is 9.90. The first-order chi connectivity index (χ1) is 13.9. The van der Waals surface area contributed by atoms with Crippen molar-refractivity contribution in [1.29, 1.82) is 0 Å². The number of hydrogen-bond donors (Lipinski definition) is 1. The normalized spacial score (nSPS) is 33.8. The van der Waals surface area contributed by atoms with E-state index in [0.717, 1.165) is 38.5 Å². The summed E-state index contributed by atoms with van der Waals surface area (Å²) in [6, 6.07) is 0. The molecule has 0 aromatic heterocycles. The van der Waals surface area contributed by atoms with Gasteiger partial charge in [0.2, 0.25) is 0 Å². The first-order valence-corrected chi connectivity index (χ1v) is 11.1. The van der Waals surface area contributed by atoms with Crippen LogP contribution in [0.3, 0.4) is 0 Å². The Labute approximate surface area is 171 Å². The topological polar surface area (TPSA) is 65.0 Å². The number of ether oxygens (including phenoxy) is 3. The van der Waals surface area contributed by atoms with Gasteiger partial charge in [-0.3, -0.25) is 4.79 Å². The van der Waals surface area contributed by atoms with Crippen molar-refractivity contribution < 1.29 is 32.9 Å². The van der Waals surface area contributed by atoms with Gasteiger partial charge in [0.15, 0.2) is 6.29 Å². The summed E-state index contributed by atoms with van der Waals surface area (Å²) >= 11 is 0. The number of aliphatic hydroxyl groups excluding tert-OH is 1. The highest BCUT2D eigenvalue weighted by Crippen LogP contribution is 2.44. The number of hydrogen-bond acceptors (Lipinski definition) is 5. The van der Waals surface area contributed by atoms with Gasteiger partial charge in [0, 0.05) is 31.3 Å². The first-order valence-electron chi connectivity index (χ1n) is 11.1. The quantitative estimate of drug-likeness (QED) is 0.325. The predicted octanol–water partition coefficient (Wildman–Crippen LogP) is 4.37. The van der Waals surface area contributed by atoms with Gasteiger partial charge in [-0.05, 0) is 25.7 Å². The van der Waals surface area contributed by atoms with Crippen LogP contribution in [0.2, 0.25) is 0 Å². The molecular weight excluding hydrogens is 382 g/mol. The zero-order chi connectivity index (χ0) is 20.9. The van der Waals surface area contributed by atoms with Gasteiger partial charge in [0.05, 0.1) is 12.5 Å². The van der Waals surface area contributed by atoms with E-state index in [1.165, 1.54) is 6.08 Å². The van der Waals surface area contributed by atoms with Crippen LogP contribution in [0.25, 0.3) is 0 Å². The number of halogens is 2. The molecule has 1 N–H and O–H groups in total. The Morgan fingerprint density at radius 3 is 2.86 bits per heavy atom. The summed E-state index contributed by atoms with van der Waals surface area (Å²) < 4.78 is 45.7. The van der Waals surface area contributed by atoms with Crippen LogP contribution in [0.1, 0.15) is 71.1 Å². The molecule has 3 rings (SSSR count). The highest BCUT2D eigenvalue weighted by Gasteiger charge is 2.50. The number of alkyl halides is 2. The third kappa shape index (κ3) is 5.98. The van der Waals surface area contributed by atoms with E-state index in [9.17, 15) is 18.7 Å². The predicted molar refractivity (Wildman–Crippen MR) is 103 cm³/mol. The molecule has 1 aliphatic carbocycles. The Morgan fingerprint density at radius 1 is 1.31 bits per heavy atom. The fraction of sp³-hybridized carbons (Fsp3) is 0.864. The summed E-state index contributed by atoms with van der Waals surface area (Å²) in [6.45, 7) is 2.68. The van der Waals surface area contributed by atoms with Crippen molar-refractivity contribution in [2.45, 2.75) is 102 Å². The number of rotatable bonds is 10. The van der Waals surface area contributed by atoms with E-state index < -0.39 is 12.0 Å². The van der Waals surface area contributed by atoms with Gasteiger partial charge in [-0.15, -0.1) is 0 Å². The largest absolute Gasteiger partial charge is 0.462 e. The summed E-state index contributed by atoms with van der Waals surface area (Å²) in [5.74, 6) is -3.76. The van der Waals surface area contributed by atoms with Crippen LogP contribution in [-0.4, -0.2) is 48.2 Å². The summed E-state index contributed by atoms with van der Waals surface area (Å²) in [4.78, 5) is 11.7. The van der Waals surface area contributed by atoms with Crippen LogP contribution in [0.15, 0.2) is 12.2 Å². The molecule has 0 aromatic carbocycles. The van der Waals surface area contributed by atoms with E-state index in [4.69, 9.17) is 14.2 Å². The molecule has 0 spiro atoms. The minimum absolute atomic E-state index is 0.0993. The van der Waals surface area contributed by atoms with E-state index in [1.54, 1.807) is 6.08 Å². The fourth-order valence-corrected chi connectivity index (χ4v) is 4.63. The SMILES string of the molecule is CCCCCCC(F)(F)C(O)C=C[C@H]1[C@H](OC2CCCCO2)CC2OC(=O)C[C@@H]21. The molecule has 0 bridgehead atoms. The average molecular weight is 417 g/mol. The molecule has 0 amide bonds. The molecule has 7 heteroatoms. The van der Waals surface area contributed by atoms with Crippen molar-refractivity contribution in [2.75, 3.05) is 6.61 Å². The maximum Gasteiger partial charge on any atom is 0.306 e. The molecule has 1 saturated carbocycles. The summed E-state index contributed by atoms with van der Waals surface area (Å²) in [7, 11) is 0. The third-order valence-corrected chi connectivity index (χ3v) is 6.33. The molecule has 0 radical (unpaired) electrons. The van der Waals surface area contributed by atoms with E-state index in [2.05, 4.69) is 0 Å². The van der Waals surface area contributed by atoms with E-state index in [0.29, 0.717) is 19.4 Å². The summed E-state index contributed by atoms with van der Waals surface area (Å²) in [5.41, 5.74) is 0. The number of esters is 1. The number of carbonyl (C=O) groups is 1. The standard InChI is InChI=1S/C22H34F2O5/c1-2-3-4-6-11-22(23,24)19(25)10-9-15-16-13-20(26)28-18(16)14-17(15)29-21-8-5-7-12-27-21/h9-10,15-19,21,25H,2-8,11-14H2,1H3/t15-,16-,17-,18?,19?,21?/m1/s1. The van der Waals surface area contributed by atoms with Gasteiger partial charge < -0.3 is 19.3 Å². The summed E-state index contributed by atoms with van der Waals surface area (Å²) in [6.07, 6.45) is 6.50. The average Bonchev–Trinajstić information content (AvgIpc) is 3.19.